The molecule has 0 aliphatic heterocycles. The van der Waals surface area contributed by atoms with E-state index in [0.717, 1.165) is 22.2 Å². The molecule has 0 unspecified atom stereocenters. The van der Waals surface area contributed by atoms with Gasteiger partial charge in [0.1, 0.15) is 22.2 Å². The molecule has 4 aromatic rings. The van der Waals surface area contributed by atoms with Crippen LogP contribution in [0.1, 0.15) is 23.5 Å². The highest BCUT2D eigenvalue weighted by Gasteiger charge is 2.15. The minimum absolute atomic E-state index is 0.0701. The highest BCUT2D eigenvalue weighted by Crippen LogP contribution is 2.28. The zero-order valence-electron chi connectivity index (χ0n) is 17.8. The lowest BCUT2D eigenvalue weighted by Gasteiger charge is -2.19. The Kier molecular flexibility index (Phi) is 6.32. The van der Waals surface area contributed by atoms with Crippen molar-refractivity contribution in [3.63, 3.8) is 0 Å². The molecular weight excluding hydrogens is 427 g/mol. The molecule has 8 heteroatoms. The Morgan fingerprint density at radius 2 is 1.91 bits per heavy atom. The zero-order chi connectivity index (χ0) is 22.7. The van der Waals surface area contributed by atoms with E-state index < -0.39 is 0 Å². The summed E-state index contributed by atoms with van der Waals surface area (Å²) in [5, 5.41) is 4.25. The van der Waals surface area contributed by atoms with Gasteiger partial charge in [0, 0.05) is 41.4 Å². The summed E-state index contributed by atoms with van der Waals surface area (Å²) in [5.74, 6) is -0.607. The van der Waals surface area contributed by atoms with Crippen molar-refractivity contribution in [2.45, 2.75) is 20.4 Å². The van der Waals surface area contributed by atoms with Crippen molar-refractivity contribution in [1.82, 2.24) is 14.5 Å². The Labute approximate surface area is 189 Å². The molecule has 164 valence electrons. The van der Waals surface area contributed by atoms with Crippen LogP contribution in [0.15, 0.2) is 60.9 Å². The van der Waals surface area contributed by atoms with Crippen LogP contribution in [0, 0.1) is 5.82 Å². The Hall–Kier alpha value is -3.52. The topological polar surface area (TPSA) is 67.2 Å². The quantitative estimate of drug-likeness (QED) is 0.430. The van der Waals surface area contributed by atoms with E-state index in [2.05, 4.69) is 10.3 Å². The lowest BCUT2D eigenvalue weighted by Crippen LogP contribution is -2.33. The van der Waals surface area contributed by atoms with Crippen LogP contribution in [0.3, 0.4) is 0 Å². The largest absolute Gasteiger partial charge is 0.342 e. The summed E-state index contributed by atoms with van der Waals surface area (Å²) in [5.41, 5.74) is 1.93. The van der Waals surface area contributed by atoms with Crippen LogP contribution in [-0.4, -0.2) is 39.4 Å². The predicted octanol–water partition coefficient (Wildman–Crippen LogP) is 5.02. The van der Waals surface area contributed by atoms with Gasteiger partial charge >= 0.3 is 0 Å². The SMILES string of the molecule is CCN(CC)C(=O)Cn1ccc2cc(NC(=O)c3cnc(-c4ccccc4F)s3)ccc21. The van der Waals surface area contributed by atoms with Gasteiger partial charge in [0.15, 0.2) is 0 Å². The molecule has 2 heterocycles. The predicted molar refractivity (Wildman–Crippen MR) is 125 cm³/mol. The number of carbonyl (C=O) groups excluding carboxylic acids is 2. The van der Waals surface area contributed by atoms with Crippen LogP contribution >= 0.6 is 11.3 Å². The van der Waals surface area contributed by atoms with Crippen molar-refractivity contribution in [3.8, 4) is 10.6 Å². The number of anilines is 1. The van der Waals surface area contributed by atoms with Crippen LogP contribution in [0.25, 0.3) is 21.5 Å². The van der Waals surface area contributed by atoms with E-state index in [1.54, 1.807) is 29.2 Å². The number of fused-ring (bicyclic) bond motifs is 1. The highest BCUT2D eigenvalue weighted by molar-refractivity contribution is 7.17. The Balaban J connectivity index is 1.49. The third-order valence-corrected chi connectivity index (χ3v) is 6.31. The number of nitrogens with one attached hydrogen (secondary N) is 1. The number of thiazole rings is 1. The molecule has 0 aliphatic carbocycles. The van der Waals surface area contributed by atoms with Crippen molar-refractivity contribution in [2.24, 2.45) is 0 Å². The Morgan fingerprint density at radius 1 is 1.12 bits per heavy atom. The molecule has 0 saturated heterocycles. The van der Waals surface area contributed by atoms with Crippen LogP contribution in [-0.2, 0) is 11.3 Å². The molecule has 2 amide bonds. The van der Waals surface area contributed by atoms with Gasteiger partial charge in [-0.3, -0.25) is 9.59 Å². The fourth-order valence-corrected chi connectivity index (χ4v) is 4.41. The molecule has 2 aromatic heterocycles. The van der Waals surface area contributed by atoms with Gasteiger partial charge in [-0.15, -0.1) is 11.3 Å². The van der Waals surface area contributed by atoms with Crippen LogP contribution in [0.5, 0.6) is 0 Å². The number of amides is 2. The van der Waals surface area contributed by atoms with E-state index in [-0.39, 0.29) is 24.2 Å². The Bertz CT molecular complexity index is 1280. The molecule has 6 nitrogen and oxygen atoms in total. The molecule has 0 spiro atoms. The van der Waals surface area contributed by atoms with Gasteiger partial charge in [-0.1, -0.05) is 12.1 Å². The summed E-state index contributed by atoms with van der Waals surface area (Å²) in [6.07, 6.45) is 3.33. The van der Waals surface area contributed by atoms with Gasteiger partial charge in [0.25, 0.3) is 5.91 Å². The summed E-state index contributed by atoms with van der Waals surface area (Å²) in [6, 6.07) is 13.8. The van der Waals surface area contributed by atoms with E-state index in [1.807, 2.05) is 42.8 Å². The Morgan fingerprint density at radius 3 is 2.66 bits per heavy atom. The van der Waals surface area contributed by atoms with Gasteiger partial charge in [-0.2, -0.15) is 0 Å². The highest BCUT2D eigenvalue weighted by atomic mass is 32.1. The maximum Gasteiger partial charge on any atom is 0.267 e. The third kappa shape index (κ3) is 4.40. The molecule has 0 radical (unpaired) electrons. The van der Waals surface area contributed by atoms with Gasteiger partial charge in [-0.25, -0.2) is 9.37 Å². The first-order chi connectivity index (χ1) is 15.5. The molecule has 4 rings (SSSR count). The van der Waals surface area contributed by atoms with Crippen LogP contribution in [0.2, 0.25) is 0 Å². The number of likely N-dealkylation sites (N-methyl/N-ethyl adjacent to an activating group) is 1. The second-order valence-electron chi connectivity index (χ2n) is 7.25. The van der Waals surface area contributed by atoms with Crippen molar-refractivity contribution < 1.29 is 14.0 Å². The lowest BCUT2D eigenvalue weighted by molar-refractivity contribution is -0.131. The number of aromatic nitrogens is 2. The molecular formula is C24H23FN4O2S. The van der Waals surface area contributed by atoms with E-state index in [0.29, 0.717) is 34.2 Å². The van der Waals surface area contributed by atoms with E-state index in [9.17, 15) is 14.0 Å². The number of halogens is 1. The smallest absolute Gasteiger partial charge is 0.267 e. The normalized spacial score (nSPS) is 11.0. The monoisotopic (exact) mass is 450 g/mol. The zero-order valence-corrected chi connectivity index (χ0v) is 18.7. The van der Waals surface area contributed by atoms with Gasteiger partial charge < -0.3 is 14.8 Å². The summed E-state index contributed by atoms with van der Waals surface area (Å²) >= 11 is 1.14. The van der Waals surface area contributed by atoms with Crippen molar-refractivity contribution in [1.29, 1.82) is 0 Å². The number of hydrogen-bond donors (Lipinski definition) is 1. The number of carbonyl (C=O) groups is 2. The van der Waals surface area contributed by atoms with Crippen LogP contribution in [0.4, 0.5) is 10.1 Å². The fraction of sp³-hybridized carbons (Fsp3) is 0.208. The second kappa shape index (κ2) is 9.32. The first kappa shape index (κ1) is 21.7. The van der Waals surface area contributed by atoms with E-state index in [1.165, 1.54) is 12.3 Å². The maximum atomic E-state index is 14.0. The minimum Gasteiger partial charge on any atom is -0.342 e. The molecule has 0 bridgehead atoms. The van der Waals surface area contributed by atoms with Crippen molar-refractivity contribution in [2.75, 3.05) is 18.4 Å². The fourth-order valence-electron chi connectivity index (χ4n) is 3.57. The van der Waals surface area contributed by atoms with E-state index in [4.69, 9.17) is 0 Å². The summed E-state index contributed by atoms with van der Waals surface area (Å²) in [7, 11) is 0. The molecule has 1 N–H and O–H groups in total. The van der Waals surface area contributed by atoms with Crippen LogP contribution < -0.4 is 5.32 Å². The van der Waals surface area contributed by atoms with Gasteiger partial charge in [0.2, 0.25) is 5.91 Å². The van der Waals surface area contributed by atoms with Gasteiger partial charge in [0.05, 0.1) is 6.20 Å². The lowest BCUT2D eigenvalue weighted by atomic mass is 10.2. The molecule has 0 aliphatic rings. The maximum absolute atomic E-state index is 14.0. The molecule has 0 fully saturated rings. The minimum atomic E-state index is -0.372. The summed E-state index contributed by atoms with van der Waals surface area (Å²) in [6.45, 7) is 5.57. The number of benzene rings is 2. The molecule has 2 aromatic carbocycles. The van der Waals surface area contributed by atoms with E-state index >= 15 is 0 Å². The number of rotatable bonds is 7. The van der Waals surface area contributed by atoms with Crippen molar-refractivity contribution in [3.05, 3.63) is 71.6 Å². The summed E-state index contributed by atoms with van der Waals surface area (Å²) in [4.78, 5) is 31.5. The number of nitrogens with zero attached hydrogens (tertiary/aromatic N) is 3. The molecule has 32 heavy (non-hydrogen) atoms. The molecule has 0 saturated carbocycles. The first-order valence-corrected chi connectivity index (χ1v) is 11.2. The number of hydrogen-bond acceptors (Lipinski definition) is 4. The standard InChI is InChI=1S/C24H23FN4O2S/c1-3-28(4-2)22(30)15-29-12-11-16-13-17(9-10-20(16)29)27-23(31)21-14-26-24(32-21)18-7-5-6-8-19(18)25/h5-14H,3-4,15H2,1-2H3,(H,27,31). The third-order valence-electron chi connectivity index (χ3n) is 5.28. The summed E-state index contributed by atoms with van der Waals surface area (Å²) < 4.78 is 15.9. The average molecular weight is 451 g/mol. The van der Waals surface area contributed by atoms with Gasteiger partial charge in [-0.05, 0) is 50.2 Å². The van der Waals surface area contributed by atoms with Crippen molar-refractivity contribution >= 4 is 39.7 Å². The molecule has 0 atom stereocenters. The second-order valence-corrected chi connectivity index (χ2v) is 8.28. The average Bonchev–Trinajstić information content (AvgIpc) is 3.43. The first-order valence-electron chi connectivity index (χ1n) is 10.4.